The largest absolute Gasteiger partial charge is 0.480 e. The summed E-state index contributed by atoms with van der Waals surface area (Å²) in [5.74, 6) is -0.835. The lowest BCUT2D eigenvalue weighted by Crippen LogP contribution is -2.36. The first-order valence-electron chi connectivity index (χ1n) is 4.95. The molecule has 0 radical (unpaired) electrons. The Bertz CT molecular complexity index is 129. The van der Waals surface area contributed by atoms with Crippen LogP contribution in [0, 0.1) is 0 Å². The van der Waals surface area contributed by atoms with E-state index in [-0.39, 0.29) is 6.54 Å². The third-order valence-corrected chi connectivity index (χ3v) is 1.77. The first-order chi connectivity index (χ1) is 6.27. The van der Waals surface area contributed by atoms with Gasteiger partial charge in [-0.1, -0.05) is 32.6 Å². The molecular formula is C9H20N2O2. The highest BCUT2D eigenvalue weighted by molar-refractivity contribution is 5.68. The summed E-state index contributed by atoms with van der Waals surface area (Å²) in [5.41, 5.74) is 5.49. The van der Waals surface area contributed by atoms with Crippen molar-refractivity contribution in [2.45, 2.75) is 39.0 Å². The van der Waals surface area contributed by atoms with Gasteiger partial charge < -0.3 is 5.11 Å². The molecule has 78 valence electrons. The van der Waals surface area contributed by atoms with E-state index in [1.165, 1.54) is 25.7 Å². The summed E-state index contributed by atoms with van der Waals surface area (Å²) in [5, 5.41) is 8.28. The summed E-state index contributed by atoms with van der Waals surface area (Å²) in [6.45, 7) is 3.01. The minimum atomic E-state index is -0.835. The second-order valence-corrected chi connectivity index (χ2v) is 3.09. The van der Waals surface area contributed by atoms with Crippen molar-refractivity contribution in [1.82, 2.24) is 10.9 Å². The number of rotatable bonds is 9. The Balaban J connectivity index is 2.87. The molecule has 0 aromatic rings. The van der Waals surface area contributed by atoms with Crippen molar-refractivity contribution in [3.63, 3.8) is 0 Å². The zero-order valence-electron chi connectivity index (χ0n) is 8.31. The maximum atomic E-state index is 10.1. The van der Waals surface area contributed by atoms with Gasteiger partial charge in [-0.3, -0.25) is 10.2 Å². The Kier molecular flexibility index (Phi) is 9.03. The molecule has 4 nitrogen and oxygen atoms in total. The highest BCUT2D eigenvalue weighted by Gasteiger charge is 1.93. The SMILES string of the molecule is CCCCCCCNNCC(=O)O. The van der Waals surface area contributed by atoms with E-state index in [1.54, 1.807) is 0 Å². The Labute approximate surface area is 79.7 Å². The molecule has 0 aromatic heterocycles. The van der Waals surface area contributed by atoms with Crippen LogP contribution in [0.1, 0.15) is 39.0 Å². The topological polar surface area (TPSA) is 61.4 Å². The highest BCUT2D eigenvalue weighted by Crippen LogP contribution is 2.00. The van der Waals surface area contributed by atoms with Gasteiger partial charge in [-0.25, -0.2) is 5.43 Å². The number of hydrazine groups is 1. The van der Waals surface area contributed by atoms with E-state index >= 15 is 0 Å². The monoisotopic (exact) mass is 188 g/mol. The molecule has 0 fully saturated rings. The standard InChI is InChI=1S/C9H20N2O2/c1-2-3-4-5-6-7-10-11-8-9(12)13/h10-11H,2-8H2,1H3,(H,12,13). The van der Waals surface area contributed by atoms with Gasteiger partial charge in [0.05, 0.1) is 0 Å². The maximum Gasteiger partial charge on any atom is 0.318 e. The Morgan fingerprint density at radius 1 is 1.15 bits per heavy atom. The number of nitrogens with one attached hydrogen (secondary N) is 2. The second kappa shape index (κ2) is 9.48. The summed E-state index contributed by atoms with van der Waals surface area (Å²) in [6.07, 6.45) is 6.15. The Hall–Kier alpha value is -0.610. The fraction of sp³-hybridized carbons (Fsp3) is 0.889. The van der Waals surface area contributed by atoms with Gasteiger partial charge in [-0.15, -0.1) is 0 Å². The molecule has 0 aliphatic carbocycles. The lowest BCUT2D eigenvalue weighted by atomic mass is 10.2. The van der Waals surface area contributed by atoms with Crippen molar-refractivity contribution in [2.24, 2.45) is 0 Å². The molecule has 0 rings (SSSR count). The van der Waals surface area contributed by atoms with Crippen LogP contribution in [-0.2, 0) is 4.79 Å². The number of hydrogen-bond donors (Lipinski definition) is 3. The van der Waals surface area contributed by atoms with Gasteiger partial charge >= 0.3 is 5.97 Å². The minimum Gasteiger partial charge on any atom is -0.480 e. The lowest BCUT2D eigenvalue weighted by Gasteiger charge is -2.03. The minimum absolute atomic E-state index is 0.0189. The molecule has 4 heteroatoms. The van der Waals surface area contributed by atoms with E-state index < -0.39 is 5.97 Å². The van der Waals surface area contributed by atoms with Gasteiger partial charge in [-0.05, 0) is 6.42 Å². The molecule has 0 heterocycles. The van der Waals surface area contributed by atoms with Crippen LogP contribution in [0.15, 0.2) is 0 Å². The van der Waals surface area contributed by atoms with Gasteiger partial charge in [0.25, 0.3) is 0 Å². The second-order valence-electron chi connectivity index (χ2n) is 3.09. The number of carboxylic acids is 1. The van der Waals surface area contributed by atoms with Crippen LogP contribution in [0.2, 0.25) is 0 Å². The summed E-state index contributed by atoms with van der Waals surface area (Å²) in [7, 11) is 0. The van der Waals surface area contributed by atoms with E-state index in [1.807, 2.05) is 0 Å². The van der Waals surface area contributed by atoms with E-state index in [4.69, 9.17) is 5.11 Å². The highest BCUT2D eigenvalue weighted by atomic mass is 16.4. The van der Waals surface area contributed by atoms with Crippen molar-refractivity contribution in [1.29, 1.82) is 0 Å². The van der Waals surface area contributed by atoms with Gasteiger partial charge in [0.15, 0.2) is 0 Å². The summed E-state index contributed by atoms with van der Waals surface area (Å²) < 4.78 is 0. The molecule has 0 amide bonds. The van der Waals surface area contributed by atoms with E-state index in [9.17, 15) is 4.79 Å². The van der Waals surface area contributed by atoms with Crippen LogP contribution in [0.5, 0.6) is 0 Å². The molecule has 0 unspecified atom stereocenters. The lowest BCUT2D eigenvalue weighted by molar-refractivity contribution is -0.136. The molecule has 0 spiro atoms. The van der Waals surface area contributed by atoms with Crippen LogP contribution in [0.3, 0.4) is 0 Å². The van der Waals surface area contributed by atoms with Crippen molar-refractivity contribution in [3.8, 4) is 0 Å². The third kappa shape index (κ3) is 11.4. The average Bonchev–Trinajstić information content (AvgIpc) is 2.09. The first kappa shape index (κ1) is 12.4. The molecule has 0 bridgehead atoms. The van der Waals surface area contributed by atoms with Gasteiger partial charge in [-0.2, -0.15) is 0 Å². The zero-order chi connectivity index (χ0) is 9.94. The molecule has 0 atom stereocenters. The number of unbranched alkanes of at least 4 members (excludes halogenated alkanes) is 4. The predicted octanol–water partition coefficient (Wildman–Crippen LogP) is 1.14. The summed E-state index contributed by atoms with van der Waals surface area (Å²) in [4.78, 5) is 10.1. The van der Waals surface area contributed by atoms with Crippen LogP contribution in [0.4, 0.5) is 0 Å². The van der Waals surface area contributed by atoms with E-state index in [0.717, 1.165) is 13.0 Å². The number of aliphatic carboxylic acids is 1. The molecular weight excluding hydrogens is 168 g/mol. The van der Waals surface area contributed by atoms with Crippen LogP contribution >= 0.6 is 0 Å². The van der Waals surface area contributed by atoms with Crippen molar-refractivity contribution in [2.75, 3.05) is 13.1 Å². The number of hydrogen-bond acceptors (Lipinski definition) is 3. The van der Waals surface area contributed by atoms with Gasteiger partial charge in [0.1, 0.15) is 6.54 Å². The van der Waals surface area contributed by atoms with Gasteiger partial charge in [0, 0.05) is 6.54 Å². The van der Waals surface area contributed by atoms with Crippen LogP contribution in [0.25, 0.3) is 0 Å². The summed E-state index contributed by atoms with van der Waals surface area (Å²) >= 11 is 0. The molecule has 0 saturated carbocycles. The third-order valence-electron chi connectivity index (χ3n) is 1.77. The van der Waals surface area contributed by atoms with Crippen molar-refractivity contribution < 1.29 is 9.90 Å². The van der Waals surface area contributed by atoms with Crippen LogP contribution in [-0.4, -0.2) is 24.2 Å². The van der Waals surface area contributed by atoms with Crippen molar-refractivity contribution in [3.05, 3.63) is 0 Å². The zero-order valence-corrected chi connectivity index (χ0v) is 8.31. The fourth-order valence-corrected chi connectivity index (χ4v) is 1.04. The smallest absolute Gasteiger partial charge is 0.318 e. The normalized spacial score (nSPS) is 10.2. The maximum absolute atomic E-state index is 10.1. The van der Waals surface area contributed by atoms with Crippen LogP contribution < -0.4 is 10.9 Å². The molecule has 0 aliphatic rings. The number of carboxylic acid groups (broad SMARTS) is 1. The Morgan fingerprint density at radius 3 is 2.46 bits per heavy atom. The molecule has 0 saturated heterocycles. The Morgan fingerprint density at radius 2 is 1.85 bits per heavy atom. The average molecular weight is 188 g/mol. The molecule has 3 N–H and O–H groups in total. The molecule has 0 aliphatic heterocycles. The fourth-order valence-electron chi connectivity index (χ4n) is 1.04. The van der Waals surface area contributed by atoms with Gasteiger partial charge in [0.2, 0.25) is 0 Å². The summed E-state index contributed by atoms with van der Waals surface area (Å²) in [6, 6.07) is 0. The molecule has 13 heavy (non-hydrogen) atoms. The first-order valence-corrected chi connectivity index (χ1v) is 4.95. The van der Waals surface area contributed by atoms with E-state index in [0.29, 0.717) is 0 Å². The van der Waals surface area contributed by atoms with Crippen molar-refractivity contribution >= 4 is 5.97 Å². The quantitative estimate of drug-likeness (QED) is 0.375. The predicted molar refractivity (Wildman–Crippen MR) is 52.4 cm³/mol. The van der Waals surface area contributed by atoms with E-state index in [2.05, 4.69) is 17.8 Å². The molecule has 0 aromatic carbocycles. The number of carbonyl (C=O) groups is 1.